The molecule has 0 spiro atoms. The Morgan fingerprint density at radius 3 is 2.67 bits per heavy atom. The number of anilines is 2. The molecule has 3 aromatic carbocycles. The summed E-state index contributed by atoms with van der Waals surface area (Å²) in [5.41, 5.74) is 6.03. The molecule has 6 heterocycles. The molecule has 3 fully saturated rings. The minimum atomic E-state index is -0.331. The van der Waals surface area contributed by atoms with Crippen LogP contribution in [0.4, 0.5) is 15.8 Å². The van der Waals surface area contributed by atoms with Crippen molar-refractivity contribution in [3.05, 3.63) is 94.0 Å². The highest BCUT2D eigenvalue weighted by Gasteiger charge is 2.35. The van der Waals surface area contributed by atoms with E-state index in [9.17, 15) is 9.18 Å². The van der Waals surface area contributed by atoms with Gasteiger partial charge in [-0.3, -0.25) is 4.79 Å². The second-order valence-corrected chi connectivity index (χ2v) is 11.1. The lowest BCUT2D eigenvalue weighted by atomic mass is 9.83. The van der Waals surface area contributed by atoms with Gasteiger partial charge in [0, 0.05) is 30.2 Å². The summed E-state index contributed by atoms with van der Waals surface area (Å²) in [7, 11) is 0. The molecule has 3 saturated heterocycles. The fraction of sp³-hybridized carbons (Fsp3) is 0.242. The Kier molecular flexibility index (Phi) is 6.68. The lowest BCUT2D eigenvalue weighted by Crippen LogP contribution is -2.53. The van der Waals surface area contributed by atoms with Crippen LogP contribution in [0.2, 0.25) is 0 Å². The highest BCUT2D eigenvalue weighted by atomic mass is 19.1. The van der Waals surface area contributed by atoms with E-state index in [2.05, 4.69) is 36.6 Å². The molecule has 8 nitrogen and oxygen atoms in total. The van der Waals surface area contributed by atoms with E-state index in [4.69, 9.17) is 5.26 Å². The molecule has 0 aliphatic carbocycles. The normalized spacial score (nSPS) is 20.3. The third-order valence-electron chi connectivity index (χ3n) is 8.48. The number of nitrogens with zero attached hydrogens (tertiary/aromatic N) is 3. The van der Waals surface area contributed by atoms with Crippen molar-refractivity contribution in [2.24, 2.45) is 5.92 Å². The van der Waals surface area contributed by atoms with Crippen molar-refractivity contribution in [2.45, 2.75) is 18.9 Å². The van der Waals surface area contributed by atoms with Crippen LogP contribution < -0.4 is 16.2 Å². The molecule has 210 valence electrons. The van der Waals surface area contributed by atoms with E-state index in [0.29, 0.717) is 39.5 Å². The summed E-state index contributed by atoms with van der Waals surface area (Å²) >= 11 is 0. The van der Waals surface area contributed by atoms with Gasteiger partial charge in [0.1, 0.15) is 17.2 Å². The number of piperidine rings is 3. The second kappa shape index (κ2) is 10.8. The van der Waals surface area contributed by atoms with Gasteiger partial charge in [0.05, 0.1) is 33.9 Å². The van der Waals surface area contributed by atoms with Crippen molar-refractivity contribution < 1.29 is 4.39 Å². The van der Waals surface area contributed by atoms with Crippen LogP contribution in [0, 0.1) is 23.1 Å². The number of hydrogen-bond acceptors (Lipinski definition) is 6. The van der Waals surface area contributed by atoms with Crippen LogP contribution in [0.25, 0.3) is 39.4 Å². The number of nitrogens with one attached hydrogen (secondary N) is 4. The Labute approximate surface area is 241 Å². The number of halogens is 1. The molecule has 0 radical (unpaired) electrons. The molecule has 9 rings (SSSR count). The van der Waals surface area contributed by atoms with Gasteiger partial charge < -0.3 is 25.5 Å². The standard InChI is InChI=1S/C23H22FN5O.C10H8N2/c24-14-5-6-16-15(11-14)21(25-19-12-29-9-7-13(19)8-10-29)20(23(30)28-16)22-26-17-3-1-2-4-18(17)27-22;11-7-8-3-4-10-9(6-8)2-1-5-12-10/h1-6,11,13,19H,7-10,12H2,(H,26,27)(H2,25,28,30);1-4,6,12H,5H2/t19-;/m0./s1. The van der Waals surface area contributed by atoms with Gasteiger partial charge in [-0.15, -0.1) is 0 Å². The summed E-state index contributed by atoms with van der Waals surface area (Å²) in [5.74, 6) is 0.718. The molecule has 0 saturated carbocycles. The number of nitriles is 1. The van der Waals surface area contributed by atoms with Gasteiger partial charge >= 0.3 is 0 Å². The van der Waals surface area contributed by atoms with Gasteiger partial charge in [-0.25, -0.2) is 9.37 Å². The lowest BCUT2D eigenvalue weighted by Gasteiger charge is -2.45. The Bertz CT molecular complexity index is 1890. The SMILES string of the molecule is N#Cc1ccc2c(c1)C=CCN2.O=c1[nH]c2ccc(F)cc2c(N[C@H]2CN3CCC2CC3)c1-c1nc2ccccc2[nH]1. The first-order valence-electron chi connectivity index (χ1n) is 14.3. The fourth-order valence-electron chi connectivity index (χ4n) is 6.31. The van der Waals surface area contributed by atoms with Crippen LogP contribution in [0.5, 0.6) is 0 Å². The number of imidazole rings is 1. The first kappa shape index (κ1) is 26.0. The predicted octanol–water partition coefficient (Wildman–Crippen LogP) is 5.71. The quantitative estimate of drug-likeness (QED) is 0.225. The monoisotopic (exact) mass is 559 g/mol. The topological polar surface area (TPSA) is 113 Å². The molecule has 2 bridgehead atoms. The van der Waals surface area contributed by atoms with Crippen molar-refractivity contribution in [3.63, 3.8) is 0 Å². The summed E-state index contributed by atoms with van der Waals surface area (Å²) in [4.78, 5) is 26.4. The molecule has 9 heteroatoms. The Morgan fingerprint density at radius 1 is 1.02 bits per heavy atom. The third-order valence-corrected chi connectivity index (χ3v) is 8.48. The summed E-state index contributed by atoms with van der Waals surface area (Å²) < 4.78 is 14.2. The number of H-pyrrole nitrogens is 2. The van der Waals surface area contributed by atoms with Gasteiger partial charge in [-0.2, -0.15) is 5.26 Å². The number of benzene rings is 3. The number of fused-ring (bicyclic) bond motifs is 6. The number of aromatic nitrogens is 3. The van der Waals surface area contributed by atoms with Crippen molar-refractivity contribution >= 4 is 39.4 Å². The van der Waals surface area contributed by atoms with E-state index in [1.807, 2.05) is 54.6 Å². The minimum Gasteiger partial charge on any atom is -0.381 e. The van der Waals surface area contributed by atoms with Gasteiger partial charge in [0.15, 0.2) is 0 Å². The van der Waals surface area contributed by atoms with Crippen LogP contribution in [-0.2, 0) is 0 Å². The second-order valence-electron chi connectivity index (χ2n) is 11.1. The van der Waals surface area contributed by atoms with Gasteiger partial charge in [-0.05, 0) is 85.9 Å². The summed E-state index contributed by atoms with van der Waals surface area (Å²) in [5, 5.41) is 16.2. The molecule has 5 aromatic rings. The molecule has 1 atom stereocenters. The molecule has 4 aliphatic rings. The zero-order chi connectivity index (χ0) is 28.6. The minimum absolute atomic E-state index is 0.226. The fourth-order valence-corrected chi connectivity index (χ4v) is 6.31. The van der Waals surface area contributed by atoms with E-state index in [0.717, 1.165) is 61.3 Å². The van der Waals surface area contributed by atoms with E-state index in [1.165, 1.54) is 12.1 Å². The Hall–Kier alpha value is -4.94. The van der Waals surface area contributed by atoms with Crippen molar-refractivity contribution in [1.82, 2.24) is 19.9 Å². The van der Waals surface area contributed by atoms with Crippen LogP contribution in [0.15, 0.2) is 71.5 Å². The van der Waals surface area contributed by atoms with Gasteiger partial charge in [0.2, 0.25) is 0 Å². The van der Waals surface area contributed by atoms with E-state index in [-0.39, 0.29) is 17.4 Å². The number of aromatic amines is 2. The van der Waals surface area contributed by atoms with Crippen LogP contribution in [0.3, 0.4) is 0 Å². The zero-order valence-corrected chi connectivity index (χ0v) is 23.0. The van der Waals surface area contributed by atoms with Gasteiger partial charge in [-0.1, -0.05) is 24.3 Å². The molecule has 4 aliphatic heterocycles. The van der Waals surface area contributed by atoms with Crippen molar-refractivity contribution in [3.8, 4) is 17.5 Å². The first-order chi connectivity index (χ1) is 20.6. The summed E-state index contributed by atoms with van der Waals surface area (Å²) in [6.07, 6.45) is 6.37. The van der Waals surface area contributed by atoms with Crippen molar-refractivity contribution in [1.29, 1.82) is 5.26 Å². The third kappa shape index (κ3) is 4.91. The summed E-state index contributed by atoms with van der Waals surface area (Å²) in [6, 6.07) is 20.2. The molecule has 4 N–H and O–H groups in total. The molecule has 0 amide bonds. The smallest absolute Gasteiger partial charge is 0.261 e. The zero-order valence-electron chi connectivity index (χ0n) is 23.0. The molecule has 0 unspecified atom stereocenters. The lowest BCUT2D eigenvalue weighted by molar-refractivity contribution is 0.0976. The molecular weight excluding hydrogens is 529 g/mol. The maximum absolute atomic E-state index is 14.2. The number of para-hydroxylation sites is 2. The van der Waals surface area contributed by atoms with E-state index in [1.54, 1.807) is 6.07 Å². The van der Waals surface area contributed by atoms with Crippen LogP contribution in [0.1, 0.15) is 24.0 Å². The summed E-state index contributed by atoms with van der Waals surface area (Å²) in [6.45, 7) is 4.07. The average Bonchev–Trinajstić information content (AvgIpc) is 3.46. The van der Waals surface area contributed by atoms with Crippen LogP contribution >= 0.6 is 0 Å². The average molecular weight is 560 g/mol. The predicted molar refractivity (Wildman–Crippen MR) is 165 cm³/mol. The Morgan fingerprint density at radius 2 is 1.88 bits per heavy atom. The highest BCUT2D eigenvalue weighted by Crippen LogP contribution is 2.36. The van der Waals surface area contributed by atoms with E-state index >= 15 is 0 Å². The number of pyridine rings is 1. The molecule has 2 aromatic heterocycles. The van der Waals surface area contributed by atoms with Gasteiger partial charge in [0.25, 0.3) is 5.56 Å². The van der Waals surface area contributed by atoms with Crippen LogP contribution in [-0.4, -0.2) is 52.1 Å². The number of hydrogen-bond donors (Lipinski definition) is 4. The molecular formula is C33H30FN7O. The first-order valence-corrected chi connectivity index (χ1v) is 14.3. The maximum Gasteiger partial charge on any atom is 0.261 e. The van der Waals surface area contributed by atoms with E-state index < -0.39 is 0 Å². The van der Waals surface area contributed by atoms with Crippen molar-refractivity contribution in [2.75, 3.05) is 36.8 Å². The number of rotatable bonds is 3. The Balaban J connectivity index is 0.000000201. The highest BCUT2D eigenvalue weighted by molar-refractivity contribution is 5.99. The largest absolute Gasteiger partial charge is 0.381 e. The molecule has 42 heavy (non-hydrogen) atoms. The maximum atomic E-state index is 14.2.